The van der Waals surface area contributed by atoms with Crippen LogP contribution in [0, 0.1) is 13.8 Å². The topological polar surface area (TPSA) is 50.4 Å². The van der Waals surface area contributed by atoms with Crippen LogP contribution in [0.3, 0.4) is 0 Å². The summed E-state index contributed by atoms with van der Waals surface area (Å²) in [7, 11) is 0. The number of benzene rings is 3. The fraction of sp³-hybridized carbons (Fsp3) is 0.174. The first-order chi connectivity index (χ1) is 14.7. The molecule has 1 amide bonds. The molecule has 0 atom stereocenters. The predicted molar refractivity (Wildman–Crippen MR) is 136 cm³/mol. The van der Waals surface area contributed by atoms with Crippen molar-refractivity contribution in [2.24, 2.45) is 0 Å². The first kappa shape index (κ1) is 23.9. The molecule has 0 saturated carbocycles. The molecule has 0 saturated heterocycles. The number of rotatable bonds is 7. The molecule has 0 aromatic heterocycles. The highest BCUT2D eigenvalue weighted by Crippen LogP contribution is 2.35. The monoisotopic (exact) mass is 584 g/mol. The number of ether oxygens (including phenoxy) is 1. The van der Waals surface area contributed by atoms with E-state index in [0.717, 1.165) is 36.3 Å². The molecule has 3 rings (SSSR count). The van der Waals surface area contributed by atoms with Crippen LogP contribution in [0.2, 0.25) is 10.0 Å². The fourth-order valence-electron chi connectivity index (χ4n) is 2.76. The smallest absolute Gasteiger partial charge is 0.262 e. The third-order valence-corrected chi connectivity index (χ3v) is 6.52. The van der Waals surface area contributed by atoms with Crippen molar-refractivity contribution in [1.29, 1.82) is 0 Å². The van der Waals surface area contributed by atoms with E-state index < -0.39 is 0 Å². The summed E-state index contributed by atoms with van der Waals surface area (Å²) in [6.07, 6.45) is 0. The van der Waals surface area contributed by atoms with Crippen LogP contribution in [-0.4, -0.2) is 12.5 Å². The summed E-state index contributed by atoms with van der Waals surface area (Å²) < 4.78 is 7.21. The van der Waals surface area contributed by atoms with E-state index in [2.05, 4.69) is 42.5 Å². The number of halogens is 4. The molecule has 162 valence electrons. The van der Waals surface area contributed by atoms with Gasteiger partial charge in [0.05, 0.1) is 8.95 Å². The van der Waals surface area contributed by atoms with E-state index in [1.807, 2.05) is 50.2 Å². The van der Waals surface area contributed by atoms with Crippen molar-refractivity contribution in [1.82, 2.24) is 0 Å². The number of carbonyl (C=O) groups is 1. The Morgan fingerprint density at radius 2 is 1.45 bits per heavy atom. The number of carbonyl (C=O) groups excluding carboxylic acids is 1. The van der Waals surface area contributed by atoms with Crippen molar-refractivity contribution in [3.8, 4) is 5.75 Å². The average Bonchev–Trinajstić information content (AvgIpc) is 2.71. The van der Waals surface area contributed by atoms with Gasteiger partial charge in [-0.15, -0.1) is 0 Å². The van der Waals surface area contributed by atoms with Gasteiger partial charge >= 0.3 is 0 Å². The zero-order chi connectivity index (χ0) is 22.5. The Morgan fingerprint density at radius 1 is 0.903 bits per heavy atom. The van der Waals surface area contributed by atoms with Gasteiger partial charge < -0.3 is 15.4 Å². The highest BCUT2D eigenvalue weighted by molar-refractivity contribution is 9.11. The van der Waals surface area contributed by atoms with Crippen molar-refractivity contribution in [3.05, 3.63) is 84.2 Å². The van der Waals surface area contributed by atoms with E-state index in [-0.39, 0.29) is 12.5 Å². The highest BCUT2D eigenvalue weighted by atomic mass is 79.9. The van der Waals surface area contributed by atoms with Crippen LogP contribution in [0.5, 0.6) is 5.75 Å². The maximum absolute atomic E-state index is 12.3. The van der Waals surface area contributed by atoms with Crippen LogP contribution < -0.4 is 15.4 Å². The lowest BCUT2D eigenvalue weighted by Crippen LogP contribution is -2.20. The molecular weight excluding hydrogens is 567 g/mol. The van der Waals surface area contributed by atoms with Crippen LogP contribution >= 0.6 is 55.1 Å². The van der Waals surface area contributed by atoms with E-state index in [1.165, 1.54) is 0 Å². The SMILES string of the molecule is Cc1ccc(NCc2cc(Br)c(OCC(=O)Nc3ccc(C)c(Cl)c3)c(Br)c2)cc1Cl. The maximum atomic E-state index is 12.3. The van der Waals surface area contributed by atoms with Crippen LogP contribution in [0.1, 0.15) is 16.7 Å². The van der Waals surface area contributed by atoms with Crippen molar-refractivity contribution in [3.63, 3.8) is 0 Å². The number of hydrogen-bond donors (Lipinski definition) is 2. The molecule has 3 aromatic rings. The number of nitrogens with one attached hydrogen (secondary N) is 2. The number of amides is 1. The summed E-state index contributed by atoms with van der Waals surface area (Å²) in [6.45, 7) is 4.34. The van der Waals surface area contributed by atoms with E-state index >= 15 is 0 Å². The van der Waals surface area contributed by atoms with Gasteiger partial charge in [0.1, 0.15) is 5.75 Å². The van der Waals surface area contributed by atoms with Crippen molar-refractivity contribution in [2.45, 2.75) is 20.4 Å². The second-order valence-corrected chi connectivity index (χ2v) is 9.53. The molecule has 8 heteroatoms. The van der Waals surface area contributed by atoms with Gasteiger partial charge in [0.15, 0.2) is 6.61 Å². The van der Waals surface area contributed by atoms with Crippen LogP contribution in [0.25, 0.3) is 0 Å². The normalized spacial score (nSPS) is 10.6. The molecule has 2 N–H and O–H groups in total. The second-order valence-electron chi connectivity index (χ2n) is 7.01. The van der Waals surface area contributed by atoms with E-state index in [1.54, 1.807) is 12.1 Å². The first-order valence-electron chi connectivity index (χ1n) is 9.39. The quantitative estimate of drug-likeness (QED) is 0.297. The average molecular weight is 587 g/mol. The molecule has 0 heterocycles. The van der Waals surface area contributed by atoms with Gasteiger partial charge in [0, 0.05) is 28.0 Å². The zero-order valence-electron chi connectivity index (χ0n) is 16.9. The van der Waals surface area contributed by atoms with Gasteiger partial charge in [-0.3, -0.25) is 4.79 Å². The summed E-state index contributed by atoms with van der Waals surface area (Å²) in [4.78, 5) is 12.3. The summed E-state index contributed by atoms with van der Waals surface area (Å²) >= 11 is 19.3. The van der Waals surface area contributed by atoms with Gasteiger partial charge in [0.25, 0.3) is 5.91 Å². The van der Waals surface area contributed by atoms with E-state index in [9.17, 15) is 4.79 Å². The molecule has 0 bridgehead atoms. The van der Waals surface area contributed by atoms with Gasteiger partial charge in [0.2, 0.25) is 0 Å². The Hall–Kier alpha value is -1.73. The number of aryl methyl sites for hydroxylation is 2. The first-order valence-corrected chi connectivity index (χ1v) is 11.7. The Bertz CT molecular complexity index is 1100. The summed E-state index contributed by atoms with van der Waals surface area (Å²) in [6, 6.07) is 15.1. The van der Waals surface area contributed by atoms with Gasteiger partial charge in [-0.05, 0) is 98.8 Å². The summed E-state index contributed by atoms with van der Waals surface area (Å²) in [5, 5.41) is 7.45. The van der Waals surface area contributed by atoms with Crippen LogP contribution in [0.15, 0.2) is 57.5 Å². The molecule has 0 aliphatic heterocycles. The lowest BCUT2D eigenvalue weighted by atomic mass is 10.2. The summed E-state index contributed by atoms with van der Waals surface area (Å²) in [5.41, 5.74) is 4.58. The molecule has 3 aromatic carbocycles. The minimum absolute atomic E-state index is 0.137. The fourth-order valence-corrected chi connectivity index (χ4v) is 4.64. The Morgan fingerprint density at radius 3 is 2.03 bits per heavy atom. The minimum Gasteiger partial charge on any atom is -0.481 e. The number of anilines is 2. The largest absolute Gasteiger partial charge is 0.481 e. The van der Waals surface area contributed by atoms with Crippen LogP contribution in [-0.2, 0) is 11.3 Å². The minimum atomic E-state index is -0.277. The molecule has 0 radical (unpaired) electrons. The van der Waals surface area contributed by atoms with Gasteiger partial charge in [-0.1, -0.05) is 35.3 Å². The highest BCUT2D eigenvalue weighted by Gasteiger charge is 2.12. The van der Waals surface area contributed by atoms with Crippen molar-refractivity contribution in [2.75, 3.05) is 17.2 Å². The molecule has 4 nitrogen and oxygen atoms in total. The molecule has 0 fully saturated rings. The molecule has 0 aliphatic rings. The van der Waals surface area contributed by atoms with Crippen molar-refractivity contribution < 1.29 is 9.53 Å². The van der Waals surface area contributed by atoms with Gasteiger partial charge in [-0.2, -0.15) is 0 Å². The lowest BCUT2D eigenvalue weighted by molar-refractivity contribution is -0.118. The molecule has 31 heavy (non-hydrogen) atoms. The predicted octanol–water partition coefficient (Wildman–Crippen LogP) is 7.76. The third-order valence-electron chi connectivity index (χ3n) is 4.53. The van der Waals surface area contributed by atoms with E-state index in [4.69, 9.17) is 27.9 Å². The number of hydrogen-bond acceptors (Lipinski definition) is 3. The van der Waals surface area contributed by atoms with Gasteiger partial charge in [-0.25, -0.2) is 0 Å². The lowest BCUT2D eigenvalue weighted by Gasteiger charge is -2.14. The Labute approximate surface area is 208 Å². The third kappa shape index (κ3) is 6.62. The standard InChI is InChI=1S/C23H20Br2Cl2N2O2/c1-13-3-5-16(9-20(13)26)28-11-15-7-18(24)23(19(25)8-15)31-12-22(30)29-17-6-4-14(2)21(27)10-17/h3-10,28H,11-12H2,1-2H3,(H,29,30). The molecule has 0 unspecified atom stereocenters. The van der Waals surface area contributed by atoms with Crippen LogP contribution in [0.4, 0.5) is 11.4 Å². The Balaban J connectivity index is 1.59. The molecule has 0 aliphatic carbocycles. The maximum Gasteiger partial charge on any atom is 0.262 e. The zero-order valence-corrected chi connectivity index (χ0v) is 21.5. The van der Waals surface area contributed by atoms with Crippen molar-refractivity contribution >= 4 is 72.3 Å². The van der Waals surface area contributed by atoms with E-state index in [0.29, 0.717) is 23.0 Å². The Kier molecular flexibility index (Phi) is 8.28. The molecule has 0 spiro atoms. The summed E-state index contributed by atoms with van der Waals surface area (Å²) in [5.74, 6) is 0.278. The molecular formula is C23H20Br2Cl2N2O2. The second kappa shape index (κ2) is 10.7.